The van der Waals surface area contributed by atoms with Crippen LogP contribution in [0, 0.1) is 12.7 Å². The number of ether oxygens (including phenoxy) is 1. The van der Waals surface area contributed by atoms with Gasteiger partial charge in [-0.1, -0.05) is 6.42 Å². The van der Waals surface area contributed by atoms with Crippen LogP contribution in [-0.4, -0.2) is 19.7 Å². The van der Waals surface area contributed by atoms with Gasteiger partial charge in [0.15, 0.2) is 0 Å². The molecule has 0 aromatic heterocycles. The summed E-state index contributed by atoms with van der Waals surface area (Å²) in [7, 11) is 1.57. The maximum absolute atomic E-state index is 13.9. The topological polar surface area (TPSA) is 21.3 Å². The van der Waals surface area contributed by atoms with Gasteiger partial charge in [-0.2, -0.15) is 0 Å². The van der Waals surface area contributed by atoms with Crippen molar-refractivity contribution in [2.24, 2.45) is 0 Å². The zero-order valence-corrected chi connectivity index (χ0v) is 10.6. The van der Waals surface area contributed by atoms with Crippen molar-refractivity contribution in [1.82, 2.24) is 5.32 Å². The van der Waals surface area contributed by atoms with Crippen LogP contribution >= 0.6 is 0 Å². The molecule has 0 spiro atoms. The molecule has 1 aliphatic heterocycles. The third kappa shape index (κ3) is 2.97. The Labute approximate surface area is 102 Å². The van der Waals surface area contributed by atoms with Gasteiger partial charge in [-0.15, -0.1) is 0 Å². The summed E-state index contributed by atoms with van der Waals surface area (Å²) < 4.78 is 19.0. The molecule has 2 nitrogen and oxygen atoms in total. The molecule has 94 valence electrons. The zero-order valence-electron chi connectivity index (χ0n) is 10.6. The number of benzene rings is 1. The van der Waals surface area contributed by atoms with Gasteiger partial charge >= 0.3 is 0 Å². The lowest BCUT2D eigenvalue weighted by molar-refractivity contribution is 0.391. The standard InChI is InChI=1S/C14H20FNO/c1-10-7-11(13(15)9-14(10)17-2)8-12-5-3-4-6-16-12/h7,9,12,16H,3-6,8H2,1-2H3. The molecule has 1 unspecified atom stereocenters. The summed E-state index contributed by atoms with van der Waals surface area (Å²) in [4.78, 5) is 0. The van der Waals surface area contributed by atoms with Crippen molar-refractivity contribution in [3.05, 3.63) is 29.1 Å². The number of hydrogen-bond acceptors (Lipinski definition) is 2. The van der Waals surface area contributed by atoms with E-state index in [1.165, 1.54) is 18.9 Å². The molecule has 1 fully saturated rings. The van der Waals surface area contributed by atoms with Gasteiger partial charge in [0.25, 0.3) is 0 Å². The van der Waals surface area contributed by atoms with Crippen molar-refractivity contribution in [2.75, 3.05) is 13.7 Å². The van der Waals surface area contributed by atoms with Crippen molar-refractivity contribution in [3.63, 3.8) is 0 Å². The molecule has 1 aromatic carbocycles. The van der Waals surface area contributed by atoms with E-state index >= 15 is 0 Å². The maximum atomic E-state index is 13.9. The van der Waals surface area contributed by atoms with Crippen LogP contribution in [0.25, 0.3) is 0 Å². The number of rotatable bonds is 3. The molecule has 0 aliphatic carbocycles. The van der Waals surface area contributed by atoms with E-state index in [1.54, 1.807) is 7.11 Å². The lowest BCUT2D eigenvalue weighted by atomic mass is 9.96. The molecule has 3 heteroatoms. The molecule has 17 heavy (non-hydrogen) atoms. The lowest BCUT2D eigenvalue weighted by Crippen LogP contribution is -2.35. The first kappa shape index (κ1) is 12.4. The molecule has 1 aliphatic rings. The van der Waals surface area contributed by atoms with E-state index in [1.807, 2.05) is 13.0 Å². The van der Waals surface area contributed by atoms with E-state index in [-0.39, 0.29) is 5.82 Å². The van der Waals surface area contributed by atoms with Crippen LogP contribution in [0.3, 0.4) is 0 Å². The summed E-state index contributed by atoms with van der Waals surface area (Å²) in [6.07, 6.45) is 4.40. The fourth-order valence-corrected chi connectivity index (χ4v) is 2.46. The van der Waals surface area contributed by atoms with Crippen LogP contribution in [-0.2, 0) is 6.42 Å². The molecule has 0 radical (unpaired) electrons. The van der Waals surface area contributed by atoms with Crippen LogP contribution in [0.1, 0.15) is 30.4 Å². The second kappa shape index (κ2) is 5.50. The van der Waals surface area contributed by atoms with Gasteiger partial charge in [0.1, 0.15) is 11.6 Å². The predicted molar refractivity (Wildman–Crippen MR) is 67.0 cm³/mol. The number of nitrogens with one attached hydrogen (secondary N) is 1. The minimum atomic E-state index is -0.153. The minimum Gasteiger partial charge on any atom is -0.496 e. The minimum absolute atomic E-state index is 0.153. The first-order chi connectivity index (χ1) is 8.20. The second-order valence-electron chi connectivity index (χ2n) is 4.76. The highest BCUT2D eigenvalue weighted by molar-refractivity contribution is 5.37. The van der Waals surface area contributed by atoms with E-state index in [0.717, 1.165) is 30.5 Å². The van der Waals surface area contributed by atoms with Crippen molar-refractivity contribution in [1.29, 1.82) is 0 Å². The number of methoxy groups -OCH3 is 1. The Balaban J connectivity index is 2.12. The highest BCUT2D eigenvalue weighted by atomic mass is 19.1. The van der Waals surface area contributed by atoms with Gasteiger partial charge in [-0.3, -0.25) is 0 Å². The molecule has 0 saturated carbocycles. The van der Waals surface area contributed by atoms with Crippen molar-refractivity contribution >= 4 is 0 Å². The number of aryl methyl sites for hydroxylation is 1. The Morgan fingerprint density at radius 2 is 2.24 bits per heavy atom. The molecule has 0 bridgehead atoms. The average molecular weight is 237 g/mol. The Kier molecular flexibility index (Phi) is 4.00. The molecule has 1 saturated heterocycles. The normalized spacial score (nSPS) is 20.3. The van der Waals surface area contributed by atoms with E-state index in [9.17, 15) is 4.39 Å². The quantitative estimate of drug-likeness (QED) is 0.872. The number of halogens is 1. The molecule has 1 aromatic rings. The molecular weight excluding hydrogens is 217 g/mol. The largest absolute Gasteiger partial charge is 0.496 e. The van der Waals surface area contributed by atoms with Crippen LogP contribution in [0.4, 0.5) is 4.39 Å². The third-order valence-corrected chi connectivity index (χ3v) is 3.44. The van der Waals surface area contributed by atoms with Gasteiger partial charge in [-0.25, -0.2) is 4.39 Å². The molecule has 0 amide bonds. The van der Waals surface area contributed by atoms with Crippen molar-refractivity contribution in [3.8, 4) is 5.75 Å². The molecule has 1 heterocycles. The van der Waals surface area contributed by atoms with E-state index < -0.39 is 0 Å². The monoisotopic (exact) mass is 237 g/mol. The predicted octanol–water partition coefficient (Wildman–Crippen LogP) is 2.83. The summed E-state index contributed by atoms with van der Waals surface area (Å²) in [6.45, 7) is 3.01. The Hall–Kier alpha value is -1.09. The summed E-state index contributed by atoms with van der Waals surface area (Å²) >= 11 is 0. The van der Waals surface area contributed by atoms with E-state index in [0.29, 0.717) is 11.8 Å². The van der Waals surface area contributed by atoms with E-state index in [2.05, 4.69) is 5.32 Å². The second-order valence-corrected chi connectivity index (χ2v) is 4.76. The number of piperidine rings is 1. The first-order valence-corrected chi connectivity index (χ1v) is 6.27. The van der Waals surface area contributed by atoms with Crippen molar-refractivity contribution < 1.29 is 9.13 Å². The first-order valence-electron chi connectivity index (χ1n) is 6.27. The molecule has 1 atom stereocenters. The van der Waals surface area contributed by atoms with Gasteiger partial charge < -0.3 is 10.1 Å². The van der Waals surface area contributed by atoms with Crippen LogP contribution in [0.15, 0.2) is 12.1 Å². The molecular formula is C14H20FNO. The summed E-state index contributed by atoms with van der Waals surface area (Å²) in [5.41, 5.74) is 1.79. The summed E-state index contributed by atoms with van der Waals surface area (Å²) in [5, 5.41) is 3.44. The van der Waals surface area contributed by atoms with E-state index in [4.69, 9.17) is 4.74 Å². The summed E-state index contributed by atoms with van der Waals surface area (Å²) in [6, 6.07) is 3.82. The van der Waals surface area contributed by atoms with Gasteiger partial charge in [0.05, 0.1) is 7.11 Å². The zero-order chi connectivity index (χ0) is 12.3. The molecule has 1 N–H and O–H groups in total. The highest BCUT2D eigenvalue weighted by Crippen LogP contribution is 2.24. The van der Waals surface area contributed by atoms with Gasteiger partial charge in [0.2, 0.25) is 0 Å². The lowest BCUT2D eigenvalue weighted by Gasteiger charge is -2.24. The third-order valence-electron chi connectivity index (χ3n) is 3.44. The maximum Gasteiger partial charge on any atom is 0.130 e. The average Bonchev–Trinajstić information content (AvgIpc) is 2.34. The Bertz CT molecular complexity index is 386. The van der Waals surface area contributed by atoms with Gasteiger partial charge in [-0.05, 0) is 49.9 Å². The molecule has 2 rings (SSSR count). The smallest absolute Gasteiger partial charge is 0.130 e. The highest BCUT2D eigenvalue weighted by Gasteiger charge is 2.16. The fraction of sp³-hybridized carbons (Fsp3) is 0.571. The van der Waals surface area contributed by atoms with Crippen LogP contribution in [0.5, 0.6) is 5.75 Å². The van der Waals surface area contributed by atoms with Crippen molar-refractivity contribution in [2.45, 2.75) is 38.6 Å². The Morgan fingerprint density at radius 1 is 1.41 bits per heavy atom. The Morgan fingerprint density at radius 3 is 2.88 bits per heavy atom. The van der Waals surface area contributed by atoms with Crippen LogP contribution < -0.4 is 10.1 Å². The number of hydrogen-bond donors (Lipinski definition) is 1. The fourth-order valence-electron chi connectivity index (χ4n) is 2.46. The summed E-state index contributed by atoms with van der Waals surface area (Å²) in [5.74, 6) is 0.475. The SMILES string of the molecule is COc1cc(F)c(CC2CCCCN2)cc1C. The van der Waals surface area contributed by atoms with Crippen LogP contribution in [0.2, 0.25) is 0 Å². The van der Waals surface area contributed by atoms with Gasteiger partial charge in [0, 0.05) is 12.1 Å².